The van der Waals surface area contributed by atoms with Crippen LogP contribution >= 0.6 is 0 Å². The fourth-order valence-corrected chi connectivity index (χ4v) is 1.49. The van der Waals surface area contributed by atoms with Gasteiger partial charge in [0.15, 0.2) is 0 Å². The van der Waals surface area contributed by atoms with Crippen LogP contribution in [0.4, 0.5) is 0 Å². The van der Waals surface area contributed by atoms with Crippen molar-refractivity contribution in [2.45, 2.75) is 25.7 Å². The van der Waals surface area contributed by atoms with E-state index >= 15 is 0 Å². The van der Waals surface area contributed by atoms with E-state index in [-0.39, 0.29) is 0 Å². The van der Waals surface area contributed by atoms with Crippen molar-refractivity contribution in [2.75, 3.05) is 41.3 Å². The lowest BCUT2D eigenvalue weighted by Crippen LogP contribution is -2.13. The summed E-state index contributed by atoms with van der Waals surface area (Å²) in [7, 11) is 8.29. The van der Waals surface area contributed by atoms with E-state index in [0.717, 1.165) is 50.3 Å². The maximum absolute atomic E-state index is 5.59. The molecule has 0 aromatic carbocycles. The van der Waals surface area contributed by atoms with E-state index in [0.29, 0.717) is 0 Å². The van der Waals surface area contributed by atoms with Gasteiger partial charge in [-0.3, -0.25) is 0 Å². The second-order valence-corrected chi connectivity index (χ2v) is 4.99. The Morgan fingerprint density at radius 1 is 0.824 bits per heavy atom. The van der Waals surface area contributed by atoms with Crippen molar-refractivity contribution in [2.24, 2.45) is 0 Å². The normalized spacial score (nSPS) is 10.9. The Morgan fingerprint density at radius 3 is 1.47 bits per heavy atom. The van der Waals surface area contributed by atoms with Gasteiger partial charge >= 0.3 is 0 Å². The van der Waals surface area contributed by atoms with E-state index in [1.807, 2.05) is 0 Å². The molecule has 0 aromatic heterocycles. The van der Waals surface area contributed by atoms with Crippen molar-refractivity contribution in [3.63, 3.8) is 0 Å². The molecule has 0 spiro atoms. The summed E-state index contributed by atoms with van der Waals surface area (Å²) < 4.78 is 5.59. The van der Waals surface area contributed by atoms with E-state index < -0.39 is 0 Å². The molecule has 0 saturated carbocycles. The molecule has 17 heavy (non-hydrogen) atoms. The monoisotopic (exact) mass is 240 g/mol. The molecule has 0 radical (unpaired) electrons. The SMILES string of the molecule is C=C(CCCN(C)C)OC(=C)CCCN(C)C. The molecular weight excluding hydrogens is 212 g/mol. The lowest BCUT2D eigenvalue weighted by atomic mass is 10.2. The van der Waals surface area contributed by atoms with E-state index in [2.05, 4.69) is 51.1 Å². The number of nitrogens with zero attached hydrogens (tertiary/aromatic N) is 2. The number of hydrogen-bond donors (Lipinski definition) is 0. The third kappa shape index (κ3) is 11.5. The Hall–Kier alpha value is -0.800. The highest BCUT2D eigenvalue weighted by atomic mass is 16.5. The second-order valence-electron chi connectivity index (χ2n) is 4.99. The molecule has 0 aliphatic carbocycles. The van der Waals surface area contributed by atoms with Crippen molar-refractivity contribution in [1.29, 1.82) is 0 Å². The highest BCUT2D eigenvalue weighted by Crippen LogP contribution is 2.13. The van der Waals surface area contributed by atoms with Gasteiger partial charge in [-0.15, -0.1) is 0 Å². The number of rotatable bonds is 10. The highest BCUT2D eigenvalue weighted by molar-refractivity contribution is 4.93. The molecule has 3 nitrogen and oxygen atoms in total. The van der Waals surface area contributed by atoms with Gasteiger partial charge in [-0.1, -0.05) is 13.2 Å². The summed E-state index contributed by atoms with van der Waals surface area (Å²) in [6.07, 6.45) is 3.98. The zero-order valence-electron chi connectivity index (χ0n) is 12.0. The van der Waals surface area contributed by atoms with Crippen LogP contribution < -0.4 is 0 Å². The van der Waals surface area contributed by atoms with Crippen LogP contribution in [0.15, 0.2) is 24.7 Å². The Kier molecular flexibility index (Phi) is 8.82. The molecule has 0 aliphatic heterocycles. The molecule has 0 fully saturated rings. The molecule has 0 unspecified atom stereocenters. The van der Waals surface area contributed by atoms with Crippen molar-refractivity contribution < 1.29 is 4.74 Å². The molecule has 0 heterocycles. The van der Waals surface area contributed by atoms with Crippen molar-refractivity contribution in [3.8, 4) is 0 Å². The minimum Gasteiger partial charge on any atom is -0.467 e. The van der Waals surface area contributed by atoms with Crippen molar-refractivity contribution in [1.82, 2.24) is 9.80 Å². The number of allylic oxidation sites excluding steroid dienone is 2. The summed E-state index contributed by atoms with van der Waals surface area (Å²) in [5, 5.41) is 0. The maximum Gasteiger partial charge on any atom is 0.0964 e. The minimum absolute atomic E-state index is 0.835. The molecule has 0 saturated heterocycles. The molecule has 0 atom stereocenters. The van der Waals surface area contributed by atoms with Crippen LogP contribution in [0, 0.1) is 0 Å². The molecular formula is C14H28N2O. The molecule has 0 rings (SSSR count). The predicted octanol–water partition coefficient (Wildman–Crippen LogP) is 2.71. The van der Waals surface area contributed by atoms with E-state index in [1.54, 1.807) is 0 Å². The fraction of sp³-hybridized carbons (Fsp3) is 0.714. The van der Waals surface area contributed by atoms with E-state index in [9.17, 15) is 0 Å². The third-order valence-corrected chi connectivity index (χ3v) is 2.41. The van der Waals surface area contributed by atoms with Crippen LogP contribution in [0.1, 0.15) is 25.7 Å². The summed E-state index contributed by atoms with van der Waals surface area (Å²) in [4.78, 5) is 4.33. The van der Waals surface area contributed by atoms with Crippen molar-refractivity contribution >= 4 is 0 Å². The van der Waals surface area contributed by atoms with E-state index in [1.165, 1.54) is 0 Å². The smallest absolute Gasteiger partial charge is 0.0964 e. The first-order valence-electron chi connectivity index (χ1n) is 6.24. The third-order valence-electron chi connectivity index (χ3n) is 2.41. The first-order valence-corrected chi connectivity index (χ1v) is 6.24. The molecule has 0 amide bonds. The lowest BCUT2D eigenvalue weighted by Gasteiger charge is -2.14. The van der Waals surface area contributed by atoms with Gasteiger partial charge in [0.05, 0.1) is 11.5 Å². The fourth-order valence-electron chi connectivity index (χ4n) is 1.49. The van der Waals surface area contributed by atoms with Gasteiger partial charge < -0.3 is 14.5 Å². The van der Waals surface area contributed by atoms with Crippen LogP contribution in [0.25, 0.3) is 0 Å². The first kappa shape index (κ1) is 16.2. The molecule has 0 aliphatic rings. The Bertz CT molecular complexity index is 210. The van der Waals surface area contributed by atoms with Crippen LogP contribution in [-0.2, 0) is 4.74 Å². The maximum atomic E-state index is 5.59. The first-order chi connectivity index (χ1) is 7.91. The van der Waals surface area contributed by atoms with Gasteiger partial charge in [-0.05, 0) is 54.1 Å². The quantitative estimate of drug-likeness (QED) is 0.546. The van der Waals surface area contributed by atoms with Gasteiger partial charge in [0.1, 0.15) is 0 Å². The van der Waals surface area contributed by atoms with Gasteiger partial charge in [0.2, 0.25) is 0 Å². The topological polar surface area (TPSA) is 15.7 Å². The van der Waals surface area contributed by atoms with Crippen LogP contribution in [0.5, 0.6) is 0 Å². The summed E-state index contributed by atoms with van der Waals surface area (Å²) in [5.74, 6) is 1.67. The zero-order valence-corrected chi connectivity index (χ0v) is 12.0. The highest BCUT2D eigenvalue weighted by Gasteiger charge is 2.01. The Morgan fingerprint density at radius 2 is 1.18 bits per heavy atom. The summed E-state index contributed by atoms with van der Waals surface area (Å²) in [6.45, 7) is 9.98. The van der Waals surface area contributed by atoms with Gasteiger partial charge in [0, 0.05) is 12.8 Å². The number of hydrogen-bond acceptors (Lipinski definition) is 3. The Labute approximate surface area is 107 Å². The van der Waals surface area contributed by atoms with Gasteiger partial charge in [0.25, 0.3) is 0 Å². The Balaban J connectivity index is 3.56. The number of ether oxygens (including phenoxy) is 1. The van der Waals surface area contributed by atoms with E-state index in [4.69, 9.17) is 4.74 Å². The molecule has 0 bridgehead atoms. The average Bonchev–Trinajstić information content (AvgIpc) is 2.15. The molecule has 0 aromatic rings. The second kappa shape index (κ2) is 9.25. The minimum atomic E-state index is 0.835. The van der Waals surface area contributed by atoms with Crippen LogP contribution in [0.2, 0.25) is 0 Å². The molecule has 100 valence electrons. The largest absolute Gasteiger partial charge is 0.467 e. The summed E-state index contributed by atoms with van der Waals surface area (Å²) in [6, 6.07) is 0. The average molecular weight is 240 g/mol. The molecule has 0 N–H and O–H groups in total. The van der Waals surface area contributed by atoms with Gasteiger partial charge in [-0.2, -0.15) is 0 Å². The predicted molar refractivity (Wildman–Crippen MR) is 74.9 cm³/mol. The summed E-state index contributed by atoms with van der Waals surface area (Å²) >= 11 is 0. The zero-order chi connectivity index (χ0) is 13.3. The summed E-state index contributed by atoms with van der Waals surface area (Å²) in [5.41, 5.74) is 0. The lowest BCUT2D eigenvalue weighted by molar-refractivity contribution is 0.266. The standard InChI is InChI=1S/C14H28N2O/c1-13(9-7-11-15(3)4)17-14(2)10-8-12-16(5)6/h1-2,7-12H2,3-6H3. The van der Waals surface area contributed by atoms with Crippen molar-refractivity contribution in [3.05, 3.63) is 24.7 Å². The van der Waals surface area contributed by atoms with Crippen LogP contribution in [0.3, 0.4) is 0 Å². The van der Waals surface area contributed by atoms with Gasteiger partial charge in [-0.25, -0.2) is 0 Å². The molecule has 3 heteroatoms. The van der Waals surface area contributed by atoms with Crippen LogP contribution in [-0.4, -0.2) is 51.1 Å².